The summed E-state index contributed by atoms with van der Waals surface area (Å²) in [6.07, 6.45) is 5.25. The molecular weight excluding hydrogens is 207 g/mol. The second-order valence-corrected chi connectivity index (χ2v) is 4.89. The van der Waals surface area contributed by atoms with Crippen molar-refractivity contribution in [3.05, 3.63) is 24.3 Å². The average Bonchev–Trinajstić information content (AvgIpc) is 2.91. The van der Waals surface area contributed by atoms with Gasteiger partial charge in [-0.2, -0.15) is 4.39 Å². The smallest absolute Gasteiger partial charge is 0.255 e. The first-order valence-corrected chi connectivity index (χ1v) is 5.74. The molecular formula is C12H15FN2O. The fourth-order valence-corrected chi connectivity index (χ4v) is 2.37. The predicted octanol–water partition coefficient (Wildman–Crippen LogP) is 1.74. The summed E-state index contributed by atoms with van der Waals surface area (Å²) in [7, 11) is 0. The van der Waals surface area contributed by atoms with E-state index in [1.807, 2.05) is 0 Å². The highest BCUT2D eigenvalue weighted by atomic mass is 19.1. The molecule has 1 saturated carbocycles. The van der Waals surface area contributed by atoms with Gasteiger partial charge in [-0.15, -0.1) is 0 Å². The first-order valence-electron chi connectivity index (χ1n) is 5.74. The van der Waals surface area contributed by atoms with Crippen LogP contribution in [0, 0.1) is 11.4 Å². The number of hydrogen-bond donors (Lipinski definition) is 1. The highest BCUT2D eigenvalue weighted by Gasteiger charge is 2.48. The average molecular weight is 222 g/mol. The molecule has 0 bridgehead atoms. The van der Waals surface area contributed by atoms with Gasteiger partial charge in [-0.3, -0.25) is 0 Å². The fraction of sp³-hybridized carbons (Fsp3) is 0.583. The van der Waals surface area contributed by atoms with Gasteiger partial charge in [0.15, 0.2) is 5.75 Å². The summed E-state index contributed by atoms with van der Waals surface area (Å²) in [5.41, 5.74) is 0.557. The first kappa shape index (κ1) is 10.0. The zero-order chi connectivity index (χ0) is 11.0. The molecule has 1 aromatic rings. The minimum atomic E-state index is -0.526. The molecule has 1 aliphatic heterocycles. The van der Waals surface area contributed by atoms with E-state index in [0.29, 0.717) is 18.1 Å². The van der Waals surface area contributed by atoms with Crippen LogP contribution in [-0.2, 0) is 0 Å². The summed E-state index contributed by atoms with van der Waals surface area (Å²) >= 11 is 0. The number of ether oxygens (including phenoxy) is 1. The summed E-state index contributed by atoms with van der Waals surface area (Å²) in [5.74, 6) is -0.275. The van der Waals surface area contributed by atoms with Crippen LogP contribution in [0.4, 0.5) is 4.39 Å². The normalized spacial score (nSPS) is 25.9. The zero-order valence-corrected chi connectivity index (χ0v) is 9.08. The lowest BCUT2D eigenvalue weighted by atomic mass is 10.0. The molecule has 1 atom stereocenters. The van der Waals surface area contributed by atoms with E-state index >= 15 is 0 Å². The molecule has 86 valence electrons. The van der Waals surface area contributed by atoms with Gasteiger partial charge in [-0.25, -0.2) is 4.98 Å². The van der Waals surface area contributed by atoms with Gasteiger partial charge >= 0.3 is 0 Å². The molecule has 0 radical (unpaired) electrons. The van der Waals surface area contributed by atoms with Crippen LogP contribution in [0.15, 0.2) is 18.3 Å². The molecule has 2 heterocycles. The summed E-state index contributed by atoms with van der Waals surface area (Å²) in [5, 5.41) is 3.43. The Hall–Kier alpha value is -1.16. The van der Waals surface area contributed by atoms with Crippen LogP contribution < -0.4 is 10.1 Å². The molecule has 3 nitrogen and oxygen atoms in total. The Morgan fingerprint density at radius 3 is 3.12 bits per heavy atom. The van der Waals surface area contributed by atoms with Crippen molar-refractivity contribution < 1.29 is 9.13 Å². The molecule has 1 unspecified atom stereocenters. The van der Waals surface area contributed by atoms with E-state index in [9.17, 15) is 4.39 Å². The van der Waals surface area contributed by atoms with Crippen molar-refractivity contribution in [1.82, 2.24) is 10.3 Å². The minimum Gasteiger partial charge on any atom is -0.487 e. The van der Waals surface area contributed by atoms with Crippen molar-refractivity contribution in [1.29, 1.82) is 0 Å². The molecule has 2 aliphatic rings. The molecule has 1 saturated heterocycles. The number of aromatic nitrogens is 1. The number of nitrogens with one attached hydrogen (secondary N) is 1. The lowest BCUT2D eigenvalue weighted by Gasteiger charge is -2.12. The standard InChI is InChI=1S/C12H15FN2O/c13-11-10(2-1-5-14-11)16-7-9-6-12(3-4-12)8-15-9/h1-2,5,9,15H,3-4,6-8H2. The number of halogens is 1. The molecule has 0 aromatic carbocycles. The number of hydrogen-bond acceptors (Lipinski definition) is 3. The molecule has 16 heavy (non-hydrogen) atoms. The van der Waals surface area contributed by atoms with Crippen LogP contribution >= 0.6 is 0 Å². The monoisotopic (exact) mass is 222 g/mol. The zero-order valence-electron chi connectivity index (χ0n) is 9.08. The molecule has 4 heteroatoms. The number of nitrogens with zero attached hydrogens (tertiary/aromatic N) is 1. The van der Waals surface area contributed by atoms with Gasteiger partial charge in [0.25, 0.3) is 5.95 Å². The minimum absolute atomic E-state index is 0.251. The Balaban J connectivity index is 1.55. The molecule has 1 aromatic heterocycles. The van der Waals surface area contributed by atoms with E-state index < -0.39 is 5.95 Å². The Labute approximate surface area is 94.0 Å². The lowest BCUT2D eigenvalue weighted by Crippen LogP contribution is -2.28. The largest absolute Gasteiger partial charge is 0.487 e. The van der Waals surface area contributed by atoms with Crippen molar-refractivity contribution in [3.8, 4) is 5.75 Å². The Morgan fingerprint density at radius 2 is 2.44 bits per heavy atom. The molecule has 2 fully saturated rings. The van der Waals surface area contributed by atoms with Crippen LogP contribution in [0.3, 0.4) is 0 Å². The van der Waals surface area contributed by atoms with Crippen LogP contribution in [0.1, 0.15) is 19.3 Å². The highest BCUT2D eigenvalue weighted by molar-refractivity contribution is 5.18. The van der Waals surface area contributed by atoms with Crippen molar-refractivity contribution in [2.75, 3.05) is 13.2 Å². The third-order valence-electron chi connectivity index (χ3n) is 3.57. The van der Waals surface area contributed by atoms with Gasteiger partial charge in [-0.1, -0.05) is 0 Å². The van der Waals surface area contributed by atoms with E-state index in [1.165, 1.54) is 19.0 Å². The molecule has 0 amide bonds. The summed E-state index contributed by atoms with van der Waals surface area (Å²) in [6, 6.07) is 3.66. The molecule has 3 rings (SSSR count). The van der Waals surface area contributed by atoms with Gasteiger partial charge in [0.2, 0.25) is 0 Å². The van der Waals surface area contributed by atoms with E-state index in [2.05, 4.69) is 10.3 Å². The maximum Gasteiger partial charge on any atom is 0.255 e. The first-order chi connectivity index (χ1) is 7.77. The number of rotatable bonds is 3. The van der Waals surface area contributed by atoms with E-state index in [1.54, 1.807) is 12.1 Å². The van der Waals surface area contributed by atoms with Crippen molar-refractivity contribution in [2.24, 2.45) is 5.41 Å². The fourth-order valence-electron chi connectivity index (χ4n) is 2.37. The third kappa shape index (κ3) is 1.89. The second kappa shape index (κ2) is 3.70. The van der Waals surface area contributed by atoms with Crippen molar-refractivity contribution in [2.45, 2.75) is 25.3 Å². The van der Waals surface area contributed by atoms with Crippen LogP contribution in [-0.4, -0.2) is 24.2 Å². The SMILES string of the molecule is Fc1ncccc1OCC1CC2(CC2)CN1. The van der Waals surface area contributed by atoms with Crippen molar-refractivity contribution >= 4 is 0 Å². The lowest BCUT2D eigenvalue weighted by molar-refractivity contribution is 0.259. The van der Waals surface area contributed by atoms with Crippen molar-refractivity contribution in [3.63, 3.8) is 0 Å². The Bertz CT molecular complexity index is 392. The van der Waals surface area contributed by atoms with Gasteiger partial charge in [0.1, 0.15) is 6.61 Å². The van der Waals surface area contributed by atoms with E-state index in [-0.39, 0.29) is 5.75 Å². The van der Waals surface area contributed by atoms with E-state index in [4.69, 9.17) is 4.74 Å². The summed E-state index contributed by atoms with van der Waals surface area (Å²) < 4.78 is 18.6. The topological polar surface area (TPSA) is 34.1 Å². The van der Waals surface area contributed by atoms with Gasteiger partial charge in [0.05, 0.1) is 0 Å². The van der Waals surface area contributed by atoms with Crippen LogP contribution in [0.2, 0.25) is 0 Å². The summed E-state index contributed by atoms with van der Waals surface area (Å²) in [6.45, 7) is 1.63. The van der Waals surface area contributed by atoms with Crippen LogP contribution in [0.25, 0.3) is 0 Å². The third-order valence-corrected chi connectivity index (χ3v) is 3.57. The maximum atomic E-state index is 13.2. The molecule has 1 N–H and O–H groups in total. The second-order valence-electron chi connectivity index (χ2n) is 4.89. The molecule has 1 aliphatic carbocycles. The quantitative estimate of drug-likeness (QED) is 0.791. The van der Waals surface area contributed by atoms with Gasteiger partial charge in [-0.05, 0) is 36.8 Å². The maximum absolute atomic E-state index is 13.2. The summed E-state index contributed by atoms with van der Waals surface area (Å²) in [4.78, 5) is 3.55. The Kier molecular flexibility index (Phi) is 2.32. The van der Waals surface area contributed by atoms with Gasteiger partial charge < -0.3 is 10.1 Å². The van der Waals surface area contributed by atoms with E-state index in [0.717, 1.165) is 13.0 Å². The number of pyridine rings is 1. The highest BCUT2D eigenvalue weighted by Crippen LogP contribution is 2.51. The van der Waals surface area contributed by atoms with Crippen LogP contribution in [0.5, 0.6) is 5.75 Å². The predicted molar refractivity (Wildman–Crippen MR) is 57.8 cm³/mol. The molecule has 1 spiro atoms. The Morgan fingerprint density at radius 1 is 1.56 bits per heavy atom. The van der Waals surface area contributed by atoms with Gasteiger partial charge in [0, 0.05) is 18.8 Å².